The van der Waals surface area contributed by atoms with E-state index in [0.29, 0.717) is 0 Å². The first-order valence-corrected chi connectivity index (χ1v) is 8.03. The molecule has 3 nitrogen and oxygen atoms in total. The van der Waals surface area contributed by atoms with Gasteiger partial charge in [-0.2, -0.15) is 5.10 Å². The predicted molar refractivity (Wildman–Crippen MR) is 89.2 cm³/mol. The molecule has 0 radical (unpaired) electrons. The van der Waals surface area contributed by atoms with Crippen LogP contribution < -0.4 is 5.32 Å². The number of likely N-dealkylation sites (N-methyl/N-ethyl adjacent to an activating group) is 1. The highest BCUT2D eigenvalue weighted by atomic mass is 35.5. The molecule has 0 aliphatic heterocycles. The Balaban J connectivity index is 2.35. The van der Waals surface area contributed by atoms with Gasteiger partial charge < -0.3 is 5.32 Å². The van der Waals surface area contributed by atoms with Crippen LogP contribution in [0.1, 0.15) is 36.8 Å². The molecule has 0 aliphatic carbocycles. The second-order valence-corrected chi connectivity index (χ2v) is 5.73. The van der Waals surface area contributed by atoms with Crippen LogP contribution in [0.25, 0.3) is 0 Å². The molecule has 21 heavy (non-hydrogen) atoms. The van der Waals surface area contributed by atoms with Crippen LogP contribution in [-0.4, -0.2) is 16.8 Å². The lowest BCUT2D eigenvalue weighted by Crippen LogP contribution is -2.21. The molecule has 0 spiro atoms. The number of rotatable bonds is 6. The highest BCUT2D eigenvalue weighted by molar-refractivity contribution is 6.32. The predicted octanol–water partition coefficient (Wildman–Crippen LogP) is 4.28. The highest BCUT2D eigenvalue weighted by Crippen LogP contribution is 2.29. The van der Waals surface area contributed by atoms with Gasteiger partial charge in [0, 0.05) is 24.0 Å². The van der Waals surface area contributed by atoms with Gasteiger partial charge in [0.15, 0.2) is 0 Å². The average molecular weight is 326 g/mol. The minimum absolute atomic E-state index is 0.114. The molecule has 0 amide bonds. The molecule has 0 saturated heterocycles. The minimum Gasteiger partial charge on any atom is -0.313 e. The Bertz CT molecular complexity index is 608. The number of hydrogen-bond acceptors (Lipinski definition) is 2. The van der Waals surface area contributed by atoms with Gasteiger partial charge in [-0.3, -0.25) is 4.68 Å². The SMILES string of the molecule is CCc1nn(CC)c(CC(NC)c2ccccc2Cl)c1Cl. The Labute approximate surface area is 136 Å². The summed E-state index contributed by atoms with van der Waals surface area (Å²) in [6, 6.07) is 8.02. The van der Waals surface area contributed by atoms with Crippen LogP contribution in [0.4, 0.5) is 0 Å². The molecule has 0 fully saturated rings. The number of nitrogens with one attached hydrogen (secondary N) is 1. The summed E-state index contributed by atoms with van der Waals surface area (Å²) < 4.78 is 1.99. The van der Waals surface area contributed by atoms with E-state index in [1.165, 1.54) is 0 Å². The van der Waals surface area contributed by atoms with Crippen molar-refractivity contribution in [3.8, 4) is 0 Å². The fourth-order valence-electron chi connectivity index (χ4n) is 2.53. The van der Waals surface area contributed by atoms with Crippen molar-refractivity contribution >= 4 is 23.2 Å². The third-order valence-electron chi connectivity index (χ3n) is 3.72. The third-order valence-corrected chi connectivity index (χ3v) is 4.50. The van der Waals surface area contributed by atoms with Crippen LogP contribution in [0.3, 0.4) is 0 Å². The topological polar surface area (TPSA) is 29.9 Å². The van der Waals surface area contributed by atoms with E-state index in [1.807, 2.05) is 36.0 Å². The van der Waals surface area contributed by atoms with Gasteiger partial charge in [-0.1, -0.05) is 48.3 Å². The molecular formula is C16H21Cl2N3. The first kappa shape index (κ1) is 16.3. The second-order valence-electron chi connectivity index (χ2n) is 4.94. The first-order valence-electron chi connectivity index (χ1n) is 7.28. The summed E-state index contributed by atoms with van der Waals surface area (Å²) in [6.45, 7) is 4.96. The molecule has 1 atom stereocenters. The first-order chi connectivity index (χ1) is 10.1. The Hall–Kier alpha value is -1.03. The van der Waals surface area contributed by atoms with Crippen molar-refractivity contribution < 1.29 is 0 Å². The number of benzene rings is 1. The van der Waals surface area contributed by atoms with Crippen LogP contribution in [0.5, 0.6) is 0 Å². The van der Waals surface area contributed by atoms with Crippen LogP contribution in [-0.2, 0) is 19.4 Å². The van der Waals surface area contributed by atoms with Gasteiger partial charge in [0.2, 0.25) is 0 Å². The van der Waals surface area contributed by atoms with Crippen molar-refractivity contribution in [2.45, 2.75) is 39.3 Å². The lowest BCUT2D eigenvalue weighted by molar-refractivity contribution is 0.540. The molecule has 114 valence electrons. The Morgan fingerprint density at radius 1 is 1.24 bits per heavy atom. The summed E-state index contributed by atoms with van der Waals surface area (Å²) in [5.74, 6) is 0. The maximum atomic E-state index is 6.49. The lowest BCUT2D eigenvalue weighted by Gasteiger charge is -2.18. The van der Waals surface area contributed by atoms with Crippen LogP contribution >= 0.6 is 23.2 Å². The minimum atomic E-state index is 0.114. The van der Waals surface area contributed by atoms with Gasteiger partial charge in [0.1, 0.15) is 0 Å². The zero-order valence-corrected chi connectivity index (χ0v) is 14.2. The summed E-state index contributed by atoms with van der Waals surface area (Å²) in [7, 11) is 1.94. The highest BCUT2D eigenvalue weighted by Gasteiger charge is 2.20. The molecule has 1 heterocycles. The van der Waals surface area contributed by atoms with Gasteiger partial charge in [-0.05, 0) is 32.0 Å². The monoisotopic (exact) mass is 325 g/mol. The standard InChI is InChI=1S/C16H21Cl2N3/c1-4-13-16(18)15(21(5-2)20-13)10-14(19-3)11-8-6-7-9-12(11)17/h6-9,14,19H,4-5,10H2,1-3H3. The van der Waals surface area contributed by atoms with E-state index in [1.54, 1.807) is 0 Å². The lowest BCUT2D eigenvalue weighted by atomic mass is 10.0. The van der Waals surface area contributed by atoms with Crippen molar-refractivity contribution in [2.24, 2.45) is 0 Å². The molecule has 1 unspecified atom stereocenters. The van der Waals surface area contributed by atoms with Gasteiger partial charge in [-0.15, -0.1) is 0 Å². The zero-order valence-electron chi connectivity index (χ0n) is 12.7. The number of nitrogens with zero attached hydrogens (tertiary/aromatic N) is 2. The van der Waals surface area contributed by atoms with E-state index >= 15 is 0 Å². The Kier molecular flexibility index (Phi) is 5.68. The quantitative estimate of drug-likeness (QED) is 0.859. The van der Waals surface area contributed by atoms with Crippen molar-refractivity contribution in [1.29, 1.82) is 0 Å². The van der Waals surface area contributed by atoms with Crippen molar-refractivity contribution in [3.63, 3.8) is 0 Å². The molecule has 5 heteroatoms. The van der Waals surface area contributed by atoms with Gasteiger partial charge in [0.25, 0.3) is 0 Å². The maximum Gasteiger partial charge on any atom is 0.0850 e. The second kappa shape index (κ2) is 7.30. The van der Waals surface area contributed by atoms with Crippen LogP contribution in [0.2, 0.25) is 10.0 Å². The van der Waals surface area contributed by atoms with Gasteiger partial charge in [-0.25, -0.2) is 0 Å². The van der Waals surface area contributed by atoms with Crippen molar-refractivity contribution in [1.82, 2.24) is 15.1 Å². The zero-order chi connectivity index (χ0) is 15.4. The molecule has 0 bridgehead atoms. The third kappa shape index (κ3) is 3.42. The van der Waals surface area contributed by atoms with Crippen molar-refractivity contribution in [3.05, 3.63) is 51.3 Å². The van der Waals surface area contributed by atoms with E-state index < -0.39 is 0 Å². The summed E-state index contributed by atoms with van der Waals surface area (Å²) >= 11 is 12.8. The van der Waals surface area contributed by atoms with Crippen molar-refractivity contribution in [2.75, 3.05) is 7.05 Å². The Morgan fingerprint density at radius 2 is 1.95 bits per heavy atom. The summed E-state index contributed by atoms with van der Waals surface area (Å²) in [5.41, 5.74) is 3.11. The molecular weight excluding hydrogens is 305 g/mol. The van der Waals surface area contributed by atoms with Gasteiger partial charge >= 0.3 is 0 Å². The molecule has 1 N–H and O–H groups in total. The average Bonchev–Trinajstić information content (AvgIpc) is 2.81. The molecule has 0 aliphatic rings. The number of aryl methyl sites for hydroxylation is 2. The van der Waals surface area contributed by atoms with E-state index in [-0.39, 0.29) is 6.04 Å². The summed E-state index contributed by atoms with van der Waals surface area (Å²) in [5, 5.41) is 9.46. The fraction of sp³-hybridized carbons (Fsp3) is 0.438. The van der Waals surface area contributed by atoms with Crippen LogP contribution in [0, 0.1) is 0 Å². The summed E-state index contributed by atoms with van der Waals surface area (Å²) in [6.07, 6.45) is 1.61. The van der Waals surface area contributed by atoms with E-state index in [2.05, 4.69) is 24.3 Å². The maximum absolute atomic E-state index is 6.49. The number of aromatic nitrogens is 2. The molecule has 1 aromatic heterocycles. The van der Waals surface area contributed by atoms with E-state index in [9.17, 15) is 0 Å². The van der Waals surface area contributed by atoms with E-state index in [4.69, 9.17) is 23.2 Å². The smallest absolute Gasteiger partial charge is 0.0850 e. The fourth-order valence-corrected chi connectivity index (χ4v) is 3.14. The van der Waals surface area contributed by atoms with Crippen LogP contribution in [0.15, 0.2) is 24.3 Å². The molecule has 0 saturated carbocycles. The molecule has 1 aromatic carbocycles. The molecule has 2 rings (SSSR count). The largest absolute Gasteiger partial charge is 0.313 e. The van der Waals surface area contributed by atoms with Gasteiger partial charge in [0.05, 0.1) is 16.4 Å². The normalized spacial score (nSPS) is 12.6. The number of halogens is 2. The van der Waals surface area contributed by atoms with E-state index in [0.717, 1.165) is 46.4 Å². The number of hydrogen-bond donors (Lipinski definition) is 1. The Morgan fingerprint density at radius 3 is 2.52 bits per heavy atom. The molecule has 2 aromatic rings. The summed E-state index contributed by atoms with van der Waals surface area (Å²) in [4.78, 5) is 0.